The summed E-state index contributed by atoms with van der Waals surface area (Å²) < 4.78 is 1.47. The summed E-state index contributed by atoms with van der Waals surface area (Å²) in [5.74, 6) is 0.101. The highest BCUT2D eigenvalue weighted by molar-refractivity contribution is 5.96. The Morgan fingerprint density at radius 3 is 2.73 bits per heavy atom. The molecule has 1 amide bonds. The van der Waals surface area contributed by atoms with E-state index in [1.54, 1.807) is 31.2 Å². The van der Waals surface area contributed by atoms with E-state index in [4.69, 9.17) is 5.73 Å². The third kappa shape index (κ3) is 1.56. The Bertz CT molecular complexity index is 505. The minimum atomic E-state index is -0.500. The van der Waals surface area contributed by atoms with Gasteiger partial charge in [-0.1, -0.05) is 12.1 Å². The van der Waals surface area contributed by atoms with E-state index in [9.17, 15) is 4.79 Å². The largest absolute Gasteiger partial charge is 0.366 e. The molecule has 0 spiro atoms. The van der Waals surface area contributed by atoms with Gasteiger partial charge in [0, 0.05) is 0 Å². The molecule has 0 aliphatic carbocycles. The van der Waals surface area contributed by atoms with E-state index in [1.165, 1.54) is 4.68 Å². The zero-order valence-electron chi connectivity index (χ0n) is 8.08. The summed E-state index contributed by atoms with van der Waals surface area (Å²) in [6, 6.07) is 6.91. The second-order valence-electron chi connectivity index (χ2n) is 3.02. The predicted octanol–water partition coefficient (Wildman–Crippen LogP) is 0.0696. The lowest BCUT2D eigenvalue weighted by Gasteiger charge is -2.05. The van der Waals surface area contributed by atoms with Crippen molar-refractivity contribution in [3.8, 4) is 5.69 Å². The van der Waals surface area contributed by atoms with Gasteiger partial charge in [-0.05, 0) is 29.5 Å². The molecule has 6 heteroatoms. The van der Waals surface area contributed by atoms with E-state index >= 15 is 0 Å². The minimum Gasteiger partial charge on any atom is -0.366 e. The molecule has 1 heterocycles. The standard InChI is InChI=1S/C9H9N5O/c1-6-11-12-13-14(6)8-5-3-2-4-7(8)9(10)15/h2-5H,1H3,(H2,10,15). The van der Waals surface area contributed by atoms with Crippen LogP contribution < -0.4 is 5.73 Å². The number of benzene rings is 1. The fraction of sp³-hybridized carbons (Fsp3) is 0.111. The van der Waals surface area contributed by atoms with E-state index in [0.717, 1.165) is 0 Å². The van der Waals surface area contributed by atoms with Crippen molar-refractivity contribution in [2.24, 2.45) is 5.73 Å². The van der Waals surface area contributed by atoms with Crippen LogP contribution in [0, 0.1) is 6.92 Å². The molecular weight excluding hydrogens is 194 g/mol. The van der Waals surface area contributed by atoms with Gasteiger partial charge in [0.05, 0.1) is 11.3 Å². The third-order valence-electron chi connectivity index (χ3n) is 2.02. The Kier molecular flexibility index (Phi) is 2.17. The van der Waals surface area contributed by atoms with Crippen molar-refractivity contribution in [3.63, 3.8) is 0 Å². The van der Waals surface area contributed by atoms with Crippen LogP contribution in [0.1, 0.15) is 16.2 Å². The van der Waals surface area contributed by atoms with Crippen molar-refractivity contribution in [1.82, 2.24) is 20.2 Å². The predicted molar refractivity (Wildman–Crippen MR) is 52.4 cm³/mol. The summed E-state index contributed by atoms with van der Waals surface area (Å²) in [5, 5.41) is 11.0. The van der Waals surface area contributed by atoms with Crippen LogP contribution in [0.5, 0.6) is 0 Å². The molecule has 76 valence electrons. The van der Waals surface area contributed by atoms with Crippen molar-refractivity contribution in [1.29, 1.82) is 0 Å². The number of amides is 1. The zero-order chi connectivity index (χ0) is 10.8. The maximum Gasteiger partial charge on any atom is 0.250 e. The number of tetrazole rings is 1. The van der Waals surface area contributed by atoms with Crippen molar-refractivity contribution >= 4 is 5.91 Å². The van der Waals surface area contributed by atoms with Crippen LogP contribution in [0.2, 0.25) is 0 Å². The Labute approximate surface area is 85.7 Å². The molecule has 0 aliphatic rings. The number of primary amides is 1. The Morgan fingerprint density at radius 2 is 2.13 bits per heavy atom. The van der Waals surface area contributed by atoms with E-state index in [-0.39, 0.29) is 0 Å². The van der Waals surface area contributed by atoms with Gasteiger partial charge in [0.25, 0.3) is 5.91 Å². The first-order valence-corrected chi connectivity index (χ1v) is 4.34. The van der Waals surface area contributed by atoms with E-state index in [2.05, 4.69) is 15.5 Å². The van der Waals surface area contributed by atoms with Gasteiger partial charge in [-0.25, -0.2) is 0 Å². The maximum absolute atomic E-state index is 11.2. The fourth-order valence-corrected chi connectivity index (χ4v) is 1.32. The average molecular weight is 203 g/mol. The Morgan fingerprint density at radius 1 is 1.40 bits per heavy atom. The topological polar surface area (TPSA) is 86.7 Å². The Balaban J connectivity index is 2.63. The first-order valence-electron chi connectivity index (χ1n) is 4.34. The van der Waals surface area contributed by atoms with Gasteiger partial charge >= 0.3 is 0 Å². The zero-order valence-corrected chi connectivity index (χ0v) is 8.08. The summed E-state index contributed by atoms with van der Waals surface area (Å²) in [7, 11) is 0. The molecular formula is C9H9N5O. The molecule has 0 bridgehead atoms. The molecule has 0 saturated carbocycles. The average Bonchev–Trinajstić information content (AvgIpc) is 2.64. The molecule has 6 nitrogen and oxygen atoms in total. The number of para-hydroxylation sites is 1. The highest BCUT2D eigenvalue weighted by atomic mass is 16.1. The molecule has 0 fully saturated rings. The summed E-state index contributed by atoms with van der Waals surface area (Å²) >= 11 is 0. The van der Waals surface area contributed by atoms with Crippen molar-refractivity contribution in [3.05, 3.63) is 35.7 Å². The smallest absolute Gasteiger partial charge is 0.250 e. The van der Waals surface area contributed by atoms with Crippen LogP contribution in [0.15, 0.2) is 24.3 Å². The first-order chi connectivity index (χ1) is 7.20. The van der Waals surface area contributed by atoms with Crippen LogP contribution >= 0.6 is 0 Å². The molecule has 2 N–H and O–H groups in total. The van der Waals surface area contributed by atoms with Gasteiger partial charge < -0.3 is 5.73 Å². The van der Waals surface area contributed by atoms with Crippen molar-refractivity contribution < 1.29 is 4.79 Å². The summed E-state index contributed by atoms with van der Waals surface area (Å²) in [6.07, 6.45) is 0. The fourth-order valence-electron chi connectivity index (χ4n) is 1.32. The lowest BCUT2D eigenvalue weighted by molar-refractivity contribution is 0.1000. The molecule has 0 saturated heterocycles. The molecule has 2 aromatic rings. The molecule has 0 atom stereocenters. The third-order valence-corrected chi connectivity index (χ3v) is 2.02. The van der Waals surface area contributed by atoms with Gasteiger partial charge in [0.1, 0.15) is 0 Å². The summed E-state index contributed by atoms with van der Waals surface area (Å²) in [4.78, 5) is 11.2. The lowest BCUT2D eigenvalue weighted by Crippen LogP contribution is -2.15. The van der Waals surface area contributed by atoms with Crippen LogP contribution in [-0.2, 0) is 0 Å². The van der Waals surface area contributed by atoms with E-state index in [1.807, 2.05) is 0 Å². The number of rotatable bonds is 2. The number of nitrogens with two attached hydrogens (primary N) is 1. The molecule has 0 aliphatic heterocycles. The highest BCUT2D eigenvalue weighted by Crippen LogP contribution is 2.13. The second kappa shape index (κ2) is 3.49. The number of nitrogens with zero attached hydrogens (tertiary/aromatic N) is 4. The lowest BCUT2D eigenvalue weighted by atomic mass is 10.1. The monoisotopic (exact) mass is 203 g/mol. The molecule has 2 rings (SSSR count). The summed E-state index contributed by atoms with van der Waals surface area (Å²) in [5.41, 5.74) is 6.24. The van der Waals surface area contributed by atoms with Gasteiger partial charge in [0.15, 0.2) is 5.82 Å². The van der Waals surface area contributed by atoms with Crippen LogP contribution in [0.25, 0.3) is 5.69 Å². The molecule has 15 heavy (non-hydrogen) atoms. The van der Waals surface area contributed by atoms with E-state index < -0.39 is 5.91 Å². The normalized spacial score (nSPS) is 10.2. The van der Waals surface area contributed by atoms with Gasteiger partial charge in [-0.3, -0.25) is 4.79 Å². The van der Waals surface area contributed by atoms with E-state index in [0.29, 0.717) is 17.1 Å². The first kappa shape index (κ1) is 9.32. The number of carbonyl (C=O) groups excluding carboxylic acids is 1. The van der Waals surface area contributed by atoms with Crippen LogP contribution in [0.4, 0.5) is 0 Å². The van der Waals surface area contributed by atoms with Crippen LogP contribution in [0.3, 0.4) is 0 Å². The SMILES string of the molecule is Cc1nnnn1-c1ccccc1C(N)=O. The number of aryl methyl sites for hydroxylation is 1. The maximum atomic E-state index is 11.2. The van der Waals surface area contributed by atoms with Gasteiger partial charge in [-0.2, -0.15) is 4.68 Å². The Hall–Kier alpha value is -2.24. The summed E-state index contributed by atoms with van der Waals surface area (Å²) in [6.45, 7) is 1.75. The molecule has 1 aromatic heterocycles. The van der Waals surface area contributed by atoms with Crippen molar-refractivity contribution in [2.45, 2.75) is 6.92 Å². The number of aromatic nitrogens is 4. The quantitative estimate of drug-likeness (QED) is 0.748. The minimum absolute atomic E-state index is 0.396. The van der Waals surface area contributed by atoms with Gasteiger partial charge in [-0.15, -0.1) is 5.10 Å². The van der Waals surface area contributed by atoms with Crippen molar-refractivity contribution in [2.75, 3.05) is 0 Å². The number of hydrogen-bond acceptors (Lipinski definition) is 4. The van der Waals surface area contributed by atoms with Gasteiger partial charge in [0.2, 0.25) is 0 Å². The number of hydrogen-bond donors (Lipinski definition) is 1. The van der Waals surface area contributed by atoms with Crippen LogP contribution in [-0.4, -0.2) is 26.1 Å². The number of carbonyl (C=O) groups is 1. The molecule has 0 radical (unpaired) electrons. The second-order valence-corrected chi connectivity index (χ2v) is 3.02. The molecule has 0 unspecified atom stereocenters. The molecule has 1 aromatic carbocycles. The highest BCUT2D eigenvalue weighted by Gasteiger charge is 2.11.